The van der Waals surface area contributed by atoms with Gasteiger partial charge in [0.05, 0.1) is 5.69 Å². The van der Waals surface area contributed by atoms with Crippen molar-refractivity contribution >= 4 is 33.3 Å². The fraction of sp³-hybridized carbons (Fsp3) is 0.136. The van der Waals surface area contributed by atoms with E-state index in [1.165, 1.54) is 82.8 Å². The van der Waals surface area contributed by atoms with E-state index in [0.29, 0.717) is 11.8 Å². The van der Waals surface area contributed by atoms with Gasteiger partial charge in [-0.3, -0.25) is 4.98 Å². The molecule has 7 aromatic rings. The Balaban J connectivity index is 1.10. The van der Waals surface area contributed by atoms with Gasteiger partial charge < -0.3 is 5.73 Å². The first-order valence-electron chi connectivity index (χ1n) is 21.7. The number of aromatic nitrogens is 1. The van der Waals surface area contributed by atoms with Crippen LogP contribution >= 0.6 is 0 Å². The van der Waals surface area contributed by atoms with Gasteiger partial charge in [-0.25, -0.2) is 0 Å². The molecule has 0 amide bonds. The minimum atomic E-state index is 0.306. The zero-order valence-corrected chi connectivity index (χ0v) is 35.0. The van der Waals surface area contributed by atoms with Crippen molar-refractivity contribution in [1.82, 2.24) is 4.98 Å². The number of nitrogens with two attached hydrogens (primary N) is 1. The Labute approximate surface area is 360 Å². The number of benzene rings is 6. The molecule has 1 heterocycles. The maximum absolute atomic E-state index is 6.85. The lowest BCUT2D eigenvalue weighted by Gasteiger charge is -2.19. The molecule has 0 saturated carbocycles. The molecule has 61 heavy (non-hydrogen) atoms. The van der Waals surface area contributed by atoms with E-state index in [2.05, 4.69) is 195 Å². The van der Waals surface area contributed by atoms with Crippen LogP contribution in [0.4, 0.5) is 0 Å². The lowest BCUT2D eigenvalue weighted by Crippen LogP contribution is -2.00. The lowest BCUT2D eigenvalue weighted by atomic mass is 9.85. The SMILES string of the molecule is CC1/C=C\C=C/Cc2ccc(Cc3cc(-c4cccc(/C(N)=C/C=C5/C=Cc6cccnc6C5)c4)cc(-c4ccc5c6c(cccc46)C/C=C\C=C/C5C)c3)c3cccc1c23. The predicted octanol–water partition coefficient (Wildman–Crippen LogP) is 14.4. The Morgan fingerprint density at radius 1 is 0.656 bits per heavy atom. The third-order valence-electron chi connectivity index (χ3n) is 12.8. The zero-order valence-electron chi connectivity index (χ0n) is 35.0. The van der Waals surface area contributed by atoms with Crippen LogP contribution in [-0.2, 0) is 25.7 Å². The number of fused-ring (bicyclic) bond motifs is 1. The smallest absolute Gasteiger partial charge is 0.0519 e. The molecule has 296 valence electrons. The van der Waals surface area contributed by atoms with Gasteiger partial charge in [0.15, 0.2) is 0 Å². The molecule has 0 fully saturated rings. The summed E-state index contributed by atoms with van der Waals surface area (Å²) < 4.78 is 0. The first-order chi connectivity index (χ1) is 30.0. The van der Waals surface area contributed by atoms with Crippen molar-refractivity contribution in [2.45, 2.75) is 51.4 Å². The third kappa shape index (κ3) is 7.67. The van der Waals surface area contributed by atoms with Crippen LogP contribution < -0.4 is 5.73 Å². The fourth-order valence-electron chi connectivity index (χ4n) is 9.62. The molecule has 2 heteroatoms. The van der Waals surface area contributed by atoms with E-state index in [1.807, 2.05) is 18.3 Å². The van der Waals surface area contributed by atoms with E-state index >= 15 is 0 Å². The summed E-state index contributed by atoms with van der Waals surface area (Å²) in [5.41, 5.74) is 25.0. The number of hydrogen-bond donors (Lipinski definition) is 1. The molecule has 3 aliphatic carbocycles. The first-order valence-corrected chi connectivity index (χ1v) is 21.7. The quantitative estimate of drug-likeness (QED) is 0.182. The second-order valence-electron chi connectivity index (χ2n) is 16.9. The summed E-state index contributed by atoms with van der Waals surface area (Å²) in [6.07, 6.45) is 31.8. The monoisotopic (exact) mass is 786 g/mol. The van der Waals surface area contributed by atoms with Gasteiger partial charge in [-0.05, 0) is 149 Å². The van der Waals surface area contributed by atoms with E-state index in [4.69, 9.17) is 5.73 Å². The Morgan fingerprint density at radius 2 is 1.39 bits per heavy atom. The highest BCUT2D eigenvalue weighted by molar-refractivity contribution is 6.01. The van der Waals surface area contributed by atoms with Crippen LogP contribution in [-0.4, -0.2) is 4.98 Å². The molecular weight excluding hydrogens is 737 g/mol. The minimum absolute atomic E-state index is 0.306. The Bertz CT molecular complexity index is 3070. The van der Waals surface area contributed by atoms with Gasteiger partial charge in [0.2, 0.25) is 0 Å². The second kappa shape index (κ2) is 16.6. The van der Waals surface area contributed by atoms with Crippen molar-refractivity contribution in [2.24, 2.45) is 5.73 Å². The van der Waals surface area contributed by atoms with Crippen LogP contribution in [0.2, 0.25) is 0 Å². The molecule has 3 aliphatic rings. The van der Waals surface area contributed by atoms with E-state index in [0.717, 1.165) is 48.2 Å². The van der Waals surface area contributed by atoms with Crippen LogP contribution in [0, 0.1) is 0 Å². The van der Waals surface area contributed by atoms with Crippen LogP contribution in [0.15, 0.2) is 194 Å². The Kier molecular flexibility index (Phi) is 10.4. The van der Waals surface area contributed by atoms with Crippen LogP contribution in [0.5, 0.6) is 0 Å². The molecule has 10 rings (SSSR count). The topological polar surface area (TPSA) is 38.9 Å². The van der Waals surface area contributed by atoms with Crippen molar-refractivity contribution in [1.29, 1.82) is 0 Å². The van der Waals surface area contributed by atoms with E-state index < -0.39 is 0 Å². The standard InChI is InChI=1S/C59H50N2/c1-39-13-5-4-8-16-45-27-28-47(54-22-11-21-51(39)58(45)54)33-42-34-49(46-18-9-19-48(37-46)56(60)31-25-41-24-26-43-20-12-32-61-57(43)36-41)38-50(35-42)53-30-29-52-40(2)14-6-3-7-15-44-17-10-23-55(53)59(44)52/h3-14,17-32,34-35,37-40H,15-16,33,36,60H2,1-2H3/b7-3-,8-4-,13-5-,14-6-,41-25-,56-31-. The van der Waals surface area contributed by atoms with Crippen LogP contribution in [0.25, 0.3) is 55.6 Å². The molecule has 0 radical (unpaired) electrons. The van der Waals surface area contributed by atoms with Crippen LogP contribution in [0.1, 0.15) is 75.9 Å². The summed E-state index contributed by atoms with van der Waals surface area (Å²) in [5.74, 6) is 0.632. The highest BCUT2D eigenvalue weighted by Crippen LogP contribution is 2.40. The van der Waals surface area contributed by atoms with Gasteiger partial charge in [0, 0.05) is 18.3 Å². The highest BCUT2D eigenvalue weighted by atomic mass is 14.7. The summed E-state index contributed by atoms with van der Waals surface area (Å²) in [5, 5.41) is 5.43. The maximum Gasteiger partial charge on any atom is 0.0519 e. The normalized spacial score (nSPS) is 19.8. The highest BCUT2D eigenvalue weighted by Gasteiger charge is 2.18. The Hall–Kier alpha value is -7.03. The van der Waals surface area contributed by atoms with E-state index in [-0.39, 0.29) is 0 Å². The van der Waals surface area contributed by atoms with Crippen molar-refractivity contribution < 1.29 is 0 Å². The maximum atomic E-state index is 6.85. The van der Waals surface area contributed by atoms with Crippen molar-refractivity contribution in [3.8, 4) is 22.3 Å². The molecular formula is C59H50N2. The first kappa shape index (κ1) is 38.2. The summed E-state index contributed by atoms with van der Waals surface area (Å²) in [4.78, 5) is 4.60. The van der Waals surface area contributed by atoms with Gasteiger partial charge in [0.1, 0.15) is 0 Å². The average Bonchev–Trinajstić information content (AvgIpc) is 3.43. The molecule has 0 spiro atoms. The molecule has 0 bridgehead atoms. The number of hydrogen-bond acceptors (Lipinski definition) is 2. The van der Waals surface area contributed by atoms with Gasteiger partial charge >= 0.3 is 0 Å². The van der Waals surface area contributed by atoms with E-state index in [9.17, 15) is 0 Å². The summed E-state index contributed by atoms with van der Waals surface area (Å²) in [6.45, 7) is 4.62. The predicted molar refractivity (Wildman–Crippen MR) is 260 cm³/mol. The molecule has 2 atom stereocenters. The number of rotatable bonds is 6. The average molecular weight is 787 g/mol. The van der Waals surface area contributed by atoms with Gasteiger partial charge in [-0.2, -0.15) is 0 Å². The van der Waals surface area contributed by atoms with E-state index in [1.54, 1.807) is 0 Å². The molecule has 6 aromatic carbocycles. The molecule has 1 aromatic heterocycles. The van der Waals surface area contributed by atoms with Crippen molar-refractivity contribution in [3.05, 3.63) is 244 Å². The van der Waals surface area contributed by atoms with Crippen LogP contribution in [0.3, 0.4) is 0 Å². The number of pyridine rings is 1. The zero-order chi connectivity index (χ0) is 41.3. The van der Waals surface area contributed by atoms with Crippen molar-refractivity contribution in [2.75, 3.05) is 0 Å². The molecule has 0 aliphatic heterocycles. The van der Waals surface area contributed by atoms with Crippen molar-refractivity contribution in [3.63, 3.8) is 0 Å². The second-order valence-corrected chi connectivity index (χ2v) is 16.9. The molecule has 0 saturated heterocycles. The van der Waals surface area contributed by atoms with Gasteiger partial charge in [-0.15, -0.1) is 0 Å². The number of nitrogens with zero attached hydrogens (tertiary/aromatic N) is 1. The third-order valence-corrected chi connectivity index (χ3v) is 12.8. The summed E-state index contributed by atoms with van der Waals surface area (Å²) >= 11 is 0. The lowest BCUT2D eigenvalue weighted by molar-refractivity contribution is 0.978. The largest absolute Gasteiger partial charge is 0.398 e. The molecule has 2 unspecified atom stereocenters. The minimum Gasteiger partial charge on any atom is -0.398 e. The molecule has 2 nitrogen and oxygen atoms in total. The summed E-state index contributed by atoms with van der Waals surface area (Å²) in [7, 11) is 0. The Morgan fingerprint density at radius 3 is 2.25 bits per heavy atom. The summed E-state index contributed by atoms with van der Waals surface area (Å²) in [6, 6.07) is 43.3. The van der Waals surface area contributed by atoms with Gasteiger partial charge in [0.25, 0.3) is 0 Å². The molecule has 2 N–H and O–H groups in total. The number of allylic oxidation sites excluding steroid dienone is 12. The fourth-order valence-corrected chi connectivity index (χ4v) is 9.62. The van der Waals surface area contributed by atoms with Gasteiger partial charge in [-0.1, -0.05) is 178 Å².